The molecule has 0 saturated carbocycles. The molecule has 2 saturated heterocycles. The monoisotopic (exact) mass is 388 g/mol. The Labute approximate surface area is 164 Å². The van der Waals surface area contributed by atoms with E-state index in [9.17, 15) is 8.42 Å². The van der Waals surface area contributed by atoms with Gasteiger partial charge in [0.05, 0.1) is 11.5 Å². The van der Waals surface area contributed by atoms with E-state index in [1.807, 2.05) is 48.5 Å². The van der Waals surface area contributed by atoms with Crippen LogP contribution in [0.25, 0.3) is 0 Å². The van der Waals surface area contributed by atoms with Crippen LogP contribution in [0.4, 0.5) is 0 Å². The lowest BCUT2D eigenvalue weighted by Gasteiger charge is -2.36. The zero-order valence-corrected chi connectivity index (χ0v) is 16.1. The van der Waals surface area contributed by atoms with Gasteiger partial charge in [0.15, 0.2) is 9.84 Å². The number of hydrogen-bond donors (Lipinski definition) is 0. The zero-order valence-electron chi connectivity index (χ0n) is 15.3. The second-order valence-corrected chi connectivity index (χ2v) is 10.3. The summed E-state index contributed by atoms with van der Waals surface area (Å²) in [6, 6.07) is 28.6. The van der Waals surface area contributed by atoms with E-state index in [0.29, 0.717) is 0 Å². The van der Waals surface area contributed by atoms with Crippen molar-refractivity contribution < 1.29 is 13.2 Å². The summed E-state index contributed by atoms with van der Waals surface area (Å²) in [5.41, 5.74) is 2.88. The fraction of sp³-hybridized carbons (Fsp3) is 0.250. The Hall–Kier alpha value is -2.43. The fourth-order valence-electron chi connectivity index (χ4n) is 5.92. The Kier molecular flexibility index (Phi) is 3.15. The highest BCUT2D eigenvalue weighted by atomic mass is 32.2. The van der Waals surface area contributed by atoms with Crippen LogP contribution >= 0.6 is 0 Å². The summed E-state index contributed by atoms with van der Waals surface area (Å²) < 4.78 is 32.7. The fourth-order valence-corrected chi connectivity index (χ4v) is 8.09. The normalized spacial score (nSPS) is 34.1. The smallest absolute Gasteiger partial charge is 0.151 e. The third kappa shape index (κ3) is 1.85. The van der Waals surface area contributed by atoms with E-state index < -0.39 is 21.0 Å². The van der Waals surface area contributed by atoms with Crippen LogP contribution in [0.3, 0.4) is 0 Å². The standard InChI is InChI=1S/C24H20O3S/c25-28(26)15-21-22(16-28)24(18-11-5-2-6-12-18)20-14-8-7-13-19(20)23(21,27-24)17-9-3-1-4-10-17/h1-14,21-22H,15-16H2/t21-,22-,23+,24+/m0/s1. The molecule has 3 aliphatic rings. The number of benzene rings is 3. The van der Waals surface area contributed by atoms with Crippen molar-refractivity contribution in [1.82, 2.24) is 0 Å². The Morgan fingerprint density at radius 2 is 1.04 bits per heavy atom. The lowest BCUT2D eigenvalue weighted by atomic mass is 9.61. The van der Waals surface area contributed by atoms with E-state index in [1.165, 1.54) is 0 Å². The third-order valence-corrected chi connectivity index (χ3v) is 8.59. The highest BCUT2D eigenvalue weighted by molar-refractivity contribution is 7.91. The first kappa shape index (κ1) is 16.5. The Morgan fingerprint density at radius 3 is 1.46 bits per heavy atom. The maximum atomic E-state index is 12.8. The van der Waals surface area contributed by atoms with E-state index in [0.717, 1.165) is 22.3 Å². The molecule has 140 valence electrons. The summed E-state index contributed by atoms with van der Waals surface area (Å²) in [7, 11) is -3.12. The van der Waals surface area contributed by atoms with Crippen molar-refractivity contribution in [2.24, 2.45) is 11.8 Å². The van der Waals surface area contributed by atoms with E-state index >= 15 is 0 Å². The first-order chi connectivity index (χ1) is 13.6. The predicted octanol–water partition coefficient (Wildman–Crippen LogP) is 3.88. The van der Waals surface area contributed by atoms with Gasteiger partial charge >= 0.3 is 0 Å². The lowest BCUT2D eigenvalue weighted by Crippen LogP contribution is -2.39. The van der Waals surface area contributed by atoms with Crippen LogP contribution in [0, 0.1) is 11.8 Å². The molecule has 0 radical (unpaired) electrons. The average Bonchev–Trinajstić information content (AvgIpc) is 3.32. The van der Waals surface area contributed by atoms with Crippen LogP contribution in [-0.4, -0.2) is 19.9 Å². The molecule has 3 nitrogen and oxygen atoms in total. The molecule has 4 heteroatoms. The largest absolute Gasteiger partial charge is 0.349 e. The molecule has 3 heterocycles. The van der Waals surface area contributed by atoms with Gasteiger partial charge in [-0.2, -0.15) is 0 Å². The van der Waals surface area contributed by atoms with Crippen molar-refractivity contribution in [3.05, 3.63) is 107 Å². The molecule has 0 N–H and O–H groups in total. The van der Waals surface area contributed by atoms with Crippen molar-refractivity contribution >= 4 is 9.84 Å². The summed E-state index contributed by atoms with van der Waals surface area (Å²) in [6.07, 6.45) is 0. The molecule has 4 atom stereocenters. The highest BCUT2D eigenvalue weighted by Crippen LogP contribution is 2.70. The van der Waals surface area contributed by atoms with Gasteiger partial charge in [-0.1, -0.05) is 84.9 Å². The summed E-state index contributed by atoms with van der Waals surface area (Å²) in [5, 5.41) is 0. The first-order valence-electron chi connectivity index (χ1n) is 9.69. The molecule has 0 unspecified atom stereocenters. The van der Waals surface area contributed by atoms with Gasteiger partial charge in [-0.15, -0.1) is 0 Å². The quantitative estimate of drug-likeness (QED) is 0.669. The SMILES string of the molecule is O=S1(=O)C[C@H]2[C@H](C1)[C@]1(c3ccccc3)O[C@]2(c2ccccc2)c2ccccc21. The zero-order chi connectivity index (χ0) is 19.0. The van der Waals surface area contributed by atoms with Crippen LogP contribution in [0.15, 0.2) is 84.9 Å². The molecular formula is C24H20O3S. The van der Waals surface area contributed by atoms with E-state index in [-0.39, 0.29) is 23.3 Å². The molecule has 0 amide bonds. The van der Waals surface area contributed by atoms with Gasteiger partial charge in [0.25, 0.3) is 0 Å². The van der Waals surface area contributed by atoms with Crippen LogP contribution in [0.5, 0.6) is 0 Å². The van der Waals surface area contributed by atoms with Gasteiger partial charge in [-0.25, -0.2) is 8.42 Å². The molecule has 3 aromatic rings. The average molecular weight is 388 g/mol. The molecule has 3 aromatic carbocycles. The molecule has 0 aliphatic carbocycles. The topological polar surface area (TPSA) is 43.4 Å². The minimum absolute atomic E-state index is 0.0880. The Morgan fingerprint density at radius 1 is 0.643 bits per heavy atom. The van der Waals surface area contributed by atoms with E-state index in [4.69, 9.17) is 4.74 Å². The molecule has 0 spiro atoms. The first-order valence-corrected chi connectivity index (χ1v) is 11.5. The predicted molar refractivity (Wildman–Crippen MR) is 108 cm³/mol. The van der Waals surface area contributed by atoms with Gasteiger partial charge in [0.2, 0.25) is 0 Å². The molecular weight excluding hydrogens is 368 g/mol. The molecule has 2 fully saturated rings. The minimum Gasteiger partial charge on any atom is -0.349 e. The maximum Gasteiger partial charge on any atom is 0.151 e. The van der Waals surface area contributed by atoms with Gasteiger partial charge < -0.3 is 4.74 Å². The maximum absolute atomic E-state index is 12.8. The number of sulfone groups is 1. The number of ether oxygens (including phenoxy) is 1. The van der Waals surface area contributed by atoms with E-state index in [2.05, 4.69) is 36.4 Å². The molecule has 3 aliphatic heterocycles. The summed E-state index contributed by atoms with van der Waals surface area (Å²) in [5.74, 6) is 0.176. The van der Waals surface area contributed by atoms with E-state index in [1.54, 1.807) is 0 Å². The van der Waals surface area contributed by atoms with Gasteiger partial charge in [0, 0.05) is 11.8 Å². The summed E-state index contributed by atoms with van der Waals surface area (Å²) in [4.78, 5) is 0. The molecule has 0 aromatic heterocycles. The summed E-state index contributed by atoms with van der Waals surface area (Å²) >= 11 is 0. The second-order valence-electron chi connectivity index (χ2n) is 8.14. The van der Waals surface area contributed by atoms with Crippen molar-refractivity contribution in [1.29, 1.82) is 0 Å². The van der Waals surface area contributed by atoms with Gasteiger partial charge in [-0.3, -0.25) is 0 Å². The van der Waals surface area contributed by atoms with Crippen LogP contribution in [-0.2, 0) is 25.8 Å². The van der Waals surface area contributed by atoms with Crippen molar-refractivity contribution in [2.75, 3.05) is 11.5 Å². The molecule has 28 heavy (non-hydrogen) atoms. The van der Waals surface area contributed by atoms with Crippen LogP contribution in [0.1, 0.15) is 22.3 Å². The van der Waals surface area contributed by atoms with Crippen molar-refractivity contribution in [3.8, 4) is 0 Å². The Bertz CT molecular complexity index is 1090. The van der Waals surface area contributed by atoms with Crippen LogP contribution in [0.2, 0.25) is 0 Å². The van der Waals surface area contributed by atoms with Crippen LogP contribution < -0.4 is 0 Å². The third-order valence-electron chi connectivity index (χ3n) is 6.85. The Balaban J connectivity index is 1.72. The number of fused-ring (bicyclic) bond motifs is 8. The van der Waals surface area contributed by atoms with Gasteiger partial charge in [-0.05, 0) is 22.3 Å². The second kappa shape index (κ2) is 5.34. The van der Waals surface area contributed by atoms with Crippen molar-refractivity contribution in [3.63, 3.8) is 0 Å². The number of hydrogen-bond acceptors (Lipinski definition) is 3. The number of rotatable bonds is 2. The molecule has 2 bridgehead atoms. The van der Waals surface area contributed by atoms with Gasteiger partial charge in [0.1, 0.15) is 11.2 Å². The van der Waals surface area contributed by atoms with Crippen molar-refractivity contribution in [2.45, 2.75) is 11.2 Å². The highest BCUT2D eigenvalue weighted by Gasteiger charge is 2.73. The summed E-state index contributed by atoms with van der Waals surface area (Å²) in [6.45, 7) is 0. The lowest BCUT2D eigenvalue weighted by molar-refractivity contribution is -0.0557. The molecule has 6 rings (SSSR count). The minimum atomic E-state index is -3.12.